The van der Waals surface area contributed by atoms with E-state index in [1.165, 1.54) is 19.2 Å². The second kappa shape index (κ2) is 7.26. The summed E-state index contributed by atoms with van der Waals surface area (Å²) in [7, 11) is 3.06. The molecule has 0 aliphatic heterocycles. The van der Waals surface area contributed by atoms with Crippen LogP contribution in [0, 0.1) is 12.7 Å². The van der Waals surface area contributed by atoms with E-state index in [1.807, 2.05) is 0 Å². The van der Waals surface area contributed by atoms with Gasteiger partial charge < -0.3 is 14.8 Å². The van der Waals surface area contributed by atoms with Crippen molar-refractivity contribution >= 4 is 11.6 Å². The molecule has 1 aromatic heterocycles. The van der Waals surface area contributed by atoms with Crippen LogP contribution in [0.5, 0.6) is 11.5 Å². The Labute approximate surface area is 150 Å². The largest absolute Gasteiger partial charge is 0.493 e. The number of aromatic nitrogens is 2. The maximum absolute atomic E-state index is 13.2. The summed E-state index contributed by atoms with van der Waals surface area (Å²) in [6, 6.07) is 11.1. The van der Waals surface area contributed by atoms with E-state index in [4.69, 9.17) is 9.47 Å². The molecule has 1 heterocycles. The van der Waals surface area contributed by atoms with Gasteiger partial charge in [-0.2, -0.15) is 5.10 Å². The molecule has 0 aliphatic rings. The monoisotopic (exact) mass is 355 g/mol. The first-order chi connectivity index (χ1) is 12.5. The smallest absolute Gasteiger partial charge is 0.273 e. The van der Waals surface area contributed by atoms with Crippen LogP contribution in [0.1, 0.15) is 16.1 Å². The van der Waals surface area contributed by atoms with Crippen LogP contribution in [0.4, 0.5) is 10.1 Å². The molecule has 1 amide bonds. The Balaban J connectivity index is 1.80. The molecule has 26 heavy (non-hydrogen) atoms. The molecule has 0 aliphatic carbocycles. The molecule has 6 nitrogen and oxygen atoms in total. The molecule has 2 aromatic carbocycles. The SMILES string of the molecule is COc1ccc(NC(=O)c2cc(-c3ccc(F)cc3C)n[nH]2)cc1OC. The zero-order valence-corrected chi connectivity index (χ0v) is 14.6. The number of H-pyrrole nitrogens is 1. The lowest BCUT2D eigenvalue weighted by Gasteiger charge is -2.10. The Hall–Kier alpha value is -3.35. The highest BCUT2D eigenvalue weighted by molar-refractivity contribution is 6.03. The molecular weight excluding hydrogens is 337 g/mol. The summed E-state index contributed by atoms with van der Waals surface area (Å²) in [5.74, 6) is 0.419. The van der Waals surface area contributed by atoms with Crippen molar-refractivity contribution in [3.05, 3.63) is 59.5 Å². The highest BCUT2D eigenvalue weighted by atomic mass is 19.1. The van der Waals surface area contributed by atoms with Gasteiger partial charge in [0.2, 0.25) is 0 Å². The van der Waals surface area contributed by atoms with Crippen LogP contribution in [-0.2, 0) is 0 Å². The number of nitrogens with zero attached hydrogens (tertiary/aromatic N) is 1. The van der Waals surface area contributed by atoms with Crippen LogP contribution < -0.4 is 14.8 Å². The summed E-state index contributed by atoms with van der Waals surface area (Å²) < 4.78 is 23.6. The Morgan fingerprint density at radius 2 is 1.85 bits per heavy atom. The summed E-state index contributed by atoms with van der Waals surface area (Å²) in [4.78, 5) is 12.4. The van der Waals surface area contributed by atoms with Crippen LogP contribution in [0.25, 0.3) is 11.3 Å². The quantitative estimate of drug-likeness (QED) is 0.730. The van der Waals surface area contributed by atoms with Crippen molar-refractivity contribution in [2.75, 3.05) is 19.5 Å². The molecular formula is C19H18FN3O3. The summed E-state index contributed by atoms with van der Waals surface area (Å²) >= 11 is 0. The van der Waals surface area contributed by atoms with Crippen molar-refractivity contribution in [2.45, 2.75) is 6.92 Å². The van der Waals surface area contributed by atoms with Crippen LogP contribution in [-0.4, -0.2) is 30.3 Å². The topological polar surface area (TPSA) is 76.2 Å². The van der Waals surface area contributed by atoms with Gasteiger partial charge in [0.25, 0.3) is 5.91 Å². The number of anilines is 1. The van der Waals surface area contributed by atoms with Gasteiger partial charge in [-0.05, 0) is 48.9 Å². The minimum Gasteiger partial charge on any atom is -0.493 e. The predicted octanol–water partition coefficient (Wildman–Crippen LogP) is 3.79. The minimum atomic E-state index is -0.351. The van der Waals surface area contributed by atoms with E-state index in [1.54, 1.807) is 44.4 Å². The minimum absolute atomic E-state index is 0.290. The average molecular weight is 355 g/mol. The third kappa shape index (κ3) is 3.51. The predicted molar refractivity (Wildman–Crippen MR) is 96.2 cm³/mol. The van der Waals surface area contributed by atoms with E-state index in [2.05, 4.69) is 15.5 Å². The number of hydrogen-bond donors (Lipinski definition) is 2. The van der Waals surface area contributed by atoms with E-state index in [0.717, 1.165) is 11.1 Å². The second-order valence-corrected chi connectivity index (χ2v) is 5.65. The Morgan fingerprint density at radius 3 is 2.54 bits per heavy atom. The number of benzene rings is 2. The van der Waals surface area contributed by atoms with Gasteiger partial charge in [0, 0.05) is 17.3 Å². The average Bonchev–Trinajstić information content (AvgIpc) is 3.11. The van der Waals surface area contributed by atoms with Crippen molar-refractivity contribution in [1.29, 1.82) is 0 Å². The van der Waals surface area contributed by atoms with Gasteiger partial charge in [-0.15, -0.1) is 0 Å². The number of amides is 1. The van der Waals surface area contributed by atoms with Crippen molar-refractivity contribution in [2.24, 2.45) is 0 Å². The van der Waals surface area contributed by atoms with Crippen LogP contribution in [0.2, 0.25) is 0 Å². The standard InChI is InChI=1S/C19H18FN3O3/c1-11-8-12(20)4-6-14(11)15-10-16(23-22-15)19(24)21-13-5-7-17(25-2)18(9-13)26-3/h4-10H,1-3H3,(H,21,24)(H,22,23). The van der Waals surface area contributed by atoms with E-state index >= 15 is 0 Å². The number of halogens is 1. The van der Waals surface area contributed by atoms with Crippen molar-refractivity contribution in [3.63, 3.8) is 0 Å². The number of carbonyl (C=O) groups excluding carboxylic acids is 1. The fraction of sp³-hybridized carbons (Fsp3) is 0.158. The zero-order chi connectivity index (χ0) is 18.7. The molecule has 0 saturated carbocycles. The molecule has 0 unspecified atom stereocenters. The third-order valence-electron chi connectivity index (χ3n) is 3.93. The molecule has 3 rings (SSSR count). The van der Waals surface area contributed by atoms with Crippen molar-refractivity contribution < 1.29 is 18.7 Å². The van der Waals surface area contributed by atoms with Gasteiger partial charge >= 0.3 is 0 Å². The lowest BCUT2D eigenvalue weighted by Crippen LogP contribution is -2.12. The third-order valence-corrected chi connectivity index (χ3v) is 3.93. The van der Waals surface area contributed by atoms with Gasteiger partial charge in [0.05, 0.1) is 19.9 Å². The molecule has 0 bridgehead atoms. The molecule has 0 atom stereocenters. The molecule has 134 valence electrons. The molecule has 7 heteroatoms. The Morgan fingerprint density at radius 1 is 1.08 bits per heavy atom. The molecule has 2 N–H and O–H groups in total. The Bertz CT molecular complexity index is 953. The van der Waals surface area contributed by atoms with E-state index in [0.29, 0.717) is 28.6 Å². The number of aromatic amines is 1. The molecule has 0 radical (unpaired) electrons. The summed E-state index contributed by atoms with van der Waals surface area (Å²) in [6.07, 6.45) is 0. The first-order valence-electron chi connectivity index (χ1n) is 7.87. The van der Waals surface area contributed by atoms with E-state index in [-0.39, 0.29) is 11.7 Å². The maximum atomic E-state index is 13.2. The van der Waals surface area contributed by atoms with Gasteiger partial charge in [-0.3, -0.25) is 9.89 Å². The van der Waals surface area contributed by atoms with Crippen molar-refractivity contribution in [3.8, 4) is 22.8 Å². The zero-order valence-electron chi connectivity index (χ0n) is 14.6. The normalized spacial score (nSPS) is 10.5. The van der Waals surface area contributed by atoms with Crippen LogP contribution >= 0.6 is 0 Å². The second-order valence-electron chi connectivity index (χ2n) is 5.65. The first-order valence-corrected chi connectivity index (χ1v) is 7.87. The fourth-order valence-electron chi connectivity index (χ4n) is 2.60. The number of ether oxygens (including phenoxy) is 2. The van der Waals surface area contributed by atoms with E-state index < -0.39 is 0 Å². The van der Waals surface area contributed by atoms with Crippen molar-refractivity contribution in [1.82, 2.24) is 10.2 Å². The van der Waals surface area contributed by atoms with Crippen LogP contribution in [0.15, 0.2) is 42.5 Å². The number of methoxy groups -OCH3 is 2. The van der Waals surface area contributed by atoms with Gasteiger partial charge in [-0.1, -0.05) is 0 Å². The van der Waals surface area contributed by atoms with Gasteiger partial charge in [0.15, 0.2) is 11.5 Å². The number of rotatable bonds is 5. The van der Waals surface area contributed by atoms with Gasteiger partial charge in [0.1, 0.15) is 11.5 Å². The number of hydrogen-bond acceptors (Lipinski definition) is 4. The highest BCUT2D eigenvalue weighted by Crippen LogP contribution is 2.30. The number of aryl methyl sites for hydroxylation is 1. The van der Waals surface area contributed by atoms with Gasteiger partial charge in [-0.25, -0.2) is 4.39 Å². The Kier molecular flexibility index (Phi) is 4.88. The lowest BCUT2D eigenvalue weighted by molar-refractivity contribution is 0.102. The molecule has 0 saturated heterocycles. The summed E-state index contributed by atoms with van der Waals surface area (Å²) in [6.45, 7) is 1.79. The van der Waals surface area contributed by atoms with E-state index in [9.17, 15) is 9.18 Å². The molecule has 3 aromatic rings. The lowest BCUT2D eigenvalue weighted by atomic mass is 10.1. The maximum Gasteiger partial charge on any atom is 0.273 e. The number of nitrogens with one attached hydrogen (secondary N) is 2. The molecule has 0 spiro atoms. The fourth-order valence-corrected chi connectivity index (χ4v) is 2.60. The number of carbonyl (C=O) groups is 1. The highest BCUT2D eigenvalue weighted by Gasteiger charge is 2.14. The molecule has 0 fully saturated rings. The summed E-state index contributed by atoms with van der Waals surface area (Å²) in [5.41, 5.74) is 2.91. The summed E-state index contributed by atoms with van der Waals surface area (Å²) in [5, 5.41) is 9.62. The van der Waals surface area contributed by atoms with Crippen LogP contribution in [0.3, 0.4) is 0 Å². The first kappa shape index (κ1) is 17.5.